The van der Waals surface area contributed by atoms with Crippen LogP contribution in [0.3, 0.4) is 0 Å². The van der Waals surface area contributed by atoms with Gasteiger partial charge in [-0.3, -0.25) is 4.79 Å². The Morgan fingerprint density at radius 2 is 1.90 bits per heavy atom. The van der Waals surface area contributed by atoms with E-state index >= 15 is 0 Å². The average Bonchev–Trinajstić information content (AvgIpc) is 2.99. The molecule has 0 saturated heterocycles. The lowest BCUT2D eigenvalue weighted by Crippen LogP contribution is -2.10. The molecule has 6 heteroatoms. The molecule has 21 heavy (non-hydrogen) atoms. The number of nitrogens with zero attached hydrogens (tertiary/aromatic N) is 3. The van der Waals surface area contributed by atoms with Gasteiger partial charge in [0.1, 0.15) is 11.5 Å². The van der Waals surface area contributed by atoms with Crippen molar-refractivity contribution in [2.24, 2.45) is 0 Å². The Labute approximate surface area is 128 Å². The molecule has 3 aromatic rings. The van der Waals surface area contributed by atoms with Crippen LogP contribution in [0.2, 0.25) is 0 Å². The van der Waals surface area contributed by atoms with Crippen molar-refractivity contribution >= 4 is 21.7 Å². The summed E-state index contributed by atoms with van der Waals surface area (Å²) >= 11 is 3.08. The van der Waals surface area contributed by atoms with Crippen LogP contribution in [0, 0.1) is 5.82 Å². The minimum Gasteiger partial charge on any atom is -0.287 e. The van der Waals surface area contributed by atoms with E-state index < -0.39 is 5.82 Å². The van der Waals surface area contributed by atoms with E-state index in [1.807, 2.05) is 30.3 Å². The van der Waals surface area contributed by atoms with Crippen LogP contribution in [0.25, 0.3) is 5.69 Å². The van der Waals surface area contributed by atoms with Crippen molar-refractivity contribution in [1.29, 1.82) is 0 Å². The third-order valence-corrected chi connectivity index (χ3v) is 3.57. The van der Waals surface area contributed by atoms with Crippen molar-refractivity contribution in [2.75, 3.05) is 0 Å². The molecule has 1 heterocycles. The summed E-state index contributed by atoms with van der Waals surface area (Å²) < 4.78 is 15.0. The van der Waals surface area contributed by atoms with E-state index in [0.717, 1.165) is 5.69 Å². The predicted molar refractivity (Wildman–Crippen MR) is 78.9 cm³/mol. The summed E-state index contributed by atoms with van der Waals surface area (Å²) in [5.41, 5.74) is 1.42. The van der Waals surface area contributed by atoms with Crippen LogP contribution in [-0.2, 0) is 0 Å². The van der Waals surface area contributed by atoms with Gasteiger partial charge in [-0.05, 0) is 46.3 Å². The quantitative estimate of drug-likeness (QED) is 0.683. The van der Waals surface area contributed by atoms with Gasteiger partial charge in [0.15, 0.2) is 0 Å². The molecule has 0 N–H and O–H groups in total. The van der Waals surface area contributed by atoms with Crippen molar-refractivity contribution in [1.82, 2.24) is 15.0 Å². The Morgan fingerprint density at radius 3 is 2.62 bits per heavy atom. The van der Waals surface area contributed by atoms with Gasteiger partial charge < -0.3 is 0 Å². The average molecular weight is 346 g/mol. The number of halogens is 2. The van der Waals surface area contributed by atoms with Gasteiger partial charge in [0.05, 0.1) is 16.4 Å². The molecule has 0 fully saturated rings. The highest BCUT2D eigenvalue weighted by Gasteiger charge is 2.17. The van der Waals surface area contributed by atoms with Gasteiger partial charge in [-0.15, -0.1) is 5.10 Å². The molecule has 0 saturated carbocycles. The first-order valence-electron chi connectivity index (χ1n) is 6.12. The molecule has 104 valence electrons. The fraction of sp³-hybridized carbons (Fsp3) is 0. The lowest BCUT2D eigenvalue weighted by molar-refractivity contribution is 0.103. The molecule has 4 nitrogen and oxygen atoms in total. The lowest BCUT2D eigenvalue weighted by Gasteiger charge is -2.06. The molecule has 0 amide bonds. The maximum Gasteiger partial charge on any atom is 0.213 e. The van der Waals surface area contributed by atoms with E-state index in [2.05, 4.69) is 26.2 Å². The van der Waals surface area contributed by atoms with Gasteiger partial charge in [0.25, 0.3) is 0 Å². The number of hydrogen-bond donors (Lipinski definition) is 0. The van der Waals surface area contributed by atoms with E-state index in [9.17, 15) is 9.18 Å². The maximum absolute atomic E-state index is 13.3. The van der Waals surface area contributed by atoms with Crippen molar-refractivity contribution in [3.05, 3.63) is 76.3 Å². The lowest BCUT2D eigenvalue weighted by atomic mass is 10.1. The van der Waals surface area contributed by atoms with E-state index in [4.69, 9.17) is 0 Å². The second-order valence-corrected chi connectivity index (χ2v) is 5.18. The molecule has 0 aliphatic carbocycles. The van der Waals surface area contributed by atoms with Crippen LogP contribution in [0.4, 0.5) is 4.39 Å². The van der Waals surface area contributed by atoms with Crippen molar-refractivity contribution in [2.45, 2.75) is 0 Å². The minimum absolute atomic E-state index is 0.243. The molecular weight excluding hydrogens is 337 g/mol. The van der Waals surface area contributed by atoms with Crippen LogP contribution < -0.4 is 0 Å². The molecule has 3 rings (SSSR count). The van der Waals surface area contributed by atoms with Crippen molar-refractivity contribution < 1.29 is 9.18 Å². The van der Waals surface area contributed by atoms with Gasteiger partial charge in [-0.1, -0.05) is 23.4 Å². The molecule has 0 atom stereocenters. The number of ketones is 1. The first-order chi connectivity index (χ1) is 10.2. The van der Waals surface area contributed by atoms with Crippen LogP contribution in [0.5, 0.6) is 0 Å². The van der Waals surface area contributed by atoms with Crippen molar-refractivity contribution in [3.8, 4) is 5.69 Å². The highest BCUT2D eigenvalue weighted by atomic mass is 79.9. The fourth-order valence-corrected chi connectivity index (χ4v) is 2.31. The largest absolute Gasteiger partial charge is 0.287 e. The molecule has 0 spiro atoms. The maximum atomic E-state index is 13.3. The summed E-state index contributed by atoms with van der Waals surface area (Å²) in [4.78, 5) is 12.5. The Bertz CT molecular complexity index is 802. The van der Waals surface area contributed by atoms with Gasteiger partial charge in [0, 0.05) is 5.56 Å². The molecule has 0 aliphatic heterocycles. The molecule has 1 aromatic heterocycles. The Morgan fingerprint density at radius 1 is 1.14 bits per heavy atom. The third kappa shape index (κ3) is 2.62. The minimum atomic E-state index is -0.416. The van der Waals surface area contributed by atoms with E-state index in [1.165, 1.54) is 29.1 Å². The number of benzene rings is 2. The smallest absolute Gasteiger partial charge is 0.213 e. The summed E-state index contributed by atoms with van der Waals surface area (Å²) in [6, 6.07) is 13.3. The number of aromatic nitrogens is 3. The molecule has 0 radical (unpaired) electrons. The highest BCUT2D eigenvalue weighted by molar-refractivity contribution is 9.10. The molecule has 2 aromatic carbocycles. The molecular formula is C15H9BrFN3O. The first kappa shape index (κ1) is 13.6. The van der Waals surface area contributed by atoms with E-state index in [-0.39, 0.29) is 10.3 Å². The zero-order valence-corrected chi connectivity index (χ0v) is 12.3. The van der Waals surface area contributed by atoms with Gasteiger partial charge >= 0.3 is 0 Å². The Hall–Kier alpha value is -2.34. The number of para-hydroxylation sites is 1. The molecule has 0 aliphatic rings. The normalized spacial score (nSPS) is 10.6. The third-order valence-electron chi connectivity index (χ3n) is 2.96. The zero-order chi connectivity index (χ0) is 14.8. The fourth-order valence-electron chi connectivity index (χ4n) is 1.94. The van der Waals surface area contributed by atoms with Gasteiger partial charge in [-0.2, -0.15) is 0 Å². The van der Waals surface area contributed by atoms with Crippen LogP contribution >= 0.6 is 15.9 Å². The predicted octanol–water partition coefficient (Wildman–Crippen LogP) is 3.40. The van der Waals surface area contributed by atoms with Gasteiger partial charge in [0.2, 0.25) is 5.78 Å². The number of carbonyl (C=O) groups is 1. The second kappa shape index (κ2) is 5.57. The Balaban J connectivity index is 2.03. The summed E-state index contributed by atoms with van der Waals surface area (Å²) in [6.45, 7) is 0. The summed E-state index contributed by atoms with van der Waals surface area (Å²) in [6.07, 6.45) is 1.40. The second-order valence-electron chi connectivity index (χ2n) is 4.32. The highest BCUT2D eigenvalue weighted by Crippen LogP contribution is 2.20. The summed E-state index contributed by atoms with van der Waals surface area (Å²) in [7, 11) is 0. The molecule has 0 bridgehead atoms. The Kier molecular flexibility index (Phi) is 3.62. The van der Waals surface area contributed by atoms with Crippen molar-refractivity contribution in [3.63, 3.8) is 0 Å². The van der Waals surface area contributed by atoms with Crippen LogP contribution in [-0.4, -0.2) is 20.8 Å². The van der Waals surface area contributed by atoms with E-state index in [1.54, 1.807) is 0 Å². The number of carbonyl (C=O) groups excluding carboxylic acids is 1. The number of hydrogen-bond acceptors (Lipinski definition) is 3. The van der Waals surface area contributed by atoms with Gasteiger partial charge in [-0.25, -0.2) is 9.07 Å². The monoisotopic (exact) mass is 345 g/mol. The topological polar surface area (TPSA) is 47.8 Å². The van der Waals surface area contributed by atoms with Crippen LogP contribution in [0.1, 0.15) is 16.1 Å². The summed E-state index contributed by atoms with van der Waals surface area (Å²) in [5, 5.41) is 7.72. The standard InChI is InChI=1S/C15H9BrFN3O/c16-12-8-10(6-7-13(12)17)15(21)14-9-18-19-20(14)11-4-2-1-3-5-11/h1-9H. The first-order valence-corrected chi connectivity index (χ1v) is 6.92. The number of rotatable bonds is 3. The van der Waals surface area contributed by atoms with E-state index in [0.29, 0.717) is 11.3 Å². The zero-order valence-electron chi connectivity index (χ0n) is 10.7. The van der Waals surface area contributed by atoms with Crippen LogP contribution in [0.15, 0.2) is 59.2 Å². The summed E-state index contributed by atoms with van der Waals surface area (Å²) in [5.74, 6) is -0.689. The SMILES string of the molecule is O=C(c1ccc(F)c(Br)c1)c1cnnn1-c1ccccc1. The molecule has 0 unspecified atom stereocenters.